The topological polar surface area (TPSA) is 58.8 Å². The first kappa shape index (κ1) is 20.5. The molecule has 3 atom stereocenters. The number of nitrogens with zero attached hydrogens (tertiary/aromatic N) is 2. The molecule has 2 rings (SSSR count). The highest BCUT2D eigenvalue weighted by Gasteiger charge is 2.43. The molecule has 0 aromatic heterocycles. The summed E-state index contributed by atoms with van der Waals surface area (Å²) in [5, 5.41) is 0. The number of alkyl halides is 1. The SMILES string of the molecule is CCC1CC(CN(C)c2ccc([C@H](F)CN)cc2)N1C(=O)OC(C)(C)C. The van der Waals surface area contributed by atoms with Crippen LogP contribution in [0.1, 0.15) is 52.3 Å². The standard InChI is InChI=1S/C20H32FN3O2/c1-6-15-11-17(24(15)19(25)26-20(2,3)4)13-23(5)16-9-7-14(8-10-16)18(21)12-22/h7-10,15,17-18H,6,11-13,22H2,1-5H3/t15?,17?,18-/m1/s1. The van der Waals surface area contributed by atoms with Crippen LogP contribution in [0, 0.1) is 0 Å². The van der Waals surface area contributed by atoms with Crippen LogP contribution >= 0.6 is 0 Å². The molecule has 1 aromatic carbocycles. The maximum absolute atomic E-state index is 13.6. The number of carbonyl (C=O) groups is 1. The summed E-state index contributed by atoms with van der Waals surface area (Å²) in [4.78, 5) is 16.5. The summed E-state index contributed by atoms with van der Waals surface area (Å²) in [6.45, 7) is 8.44. The van der Waals surface area contributed by atoms with Crippen molar-refractivity contribution >= 4 is 11.8 Å². The molecule has 1 aromatic rings. The van der Waals surface area contributed by atoms with Crippen molar-refractivity contribution in [2.24, 2.45) is 5.73 Å². The maximum Gasteiger partial charge on any atom is 0.410 e. The van der Waals surface area contributed by atoms with E-state index in [0.717, 1.165) is 18.5 Å². The largest absolute Gasteiger partial charge is 0.444 e. The van der Waals surface area contributed by atoms with E-state index in [1.807, 2.05) is 44.9 Å². The predicted molar refractivity (Wildman–Crippen MR) is 103 cm³/mol. The normalized spacial score (nSPS) is 21.1. The molecule has 0 saturated carbocycles. The Morgan fingerprint density at radius 3 is 2.46 bits per heavy atom. The summed E-state index contributed by atoms with van der Waals surface area (Å²) >= 11 is 0. The average molecular weight is 365 g/mol. The third kappa shape index (κ3) is 4.87. The number of benzene rings is 1. The van der Waals surface area contributed by atoms with Gasteiger partial charge in [-0.3, -0.25) is 0 Å². The van der Waals surface area contributed by atoms with Crippen molar-refractivity contribution in [1.29, 1.82) is 0 Å². The Kier molecular flexibility index (Phi) is 6.50. The average Bonchev–Trinajstić information content (AvgIpc) is 2.55. The first-order valence-corrected chi connectivity index (χ1v) is 9.32. The number of carbonyl (C=O) groups excluding carboxylic acids is 1. The Morgan fingerprint density at radius 2 is 1.96 bits per heavy atom. The predicted octanol–water partition coefficient (Wildman–Crippen LogP) is 3.88. The molecule has 2 unspecified atom stereocenters. The molecule has 1 heterocycles. The highest BCUT2D eigenvalue weighted by molar-refractivity contribution is 5.70. The summed E-state index contributed by atoms with van der Waals surface area (Å²) in [6.07, 6.45) is 0.518. The molecule has 6 heteroatoms. The van der Waals surface area contributed by atoms with E-state index < -0.39 is 11.8 Å². The minimum Gasteiger partial charge on any atom is -0.444 e. The molecule has 0 bridgehead atoms. The molecule has 1 saturated heterocycles. The van der Waals surface area contributed by atoms with Crippen LogP contribution in [0.4, 0.5) is 14.9 Å². The first-order valence-electron chi connectivity index (χ1n) is 9.32. The van der Waals surface area contributed by atoms with E-state index in [2.05, 4.69) is 11.8 Å². The number of ether oxygens (including phenoxy) is 1. The van der Waals surface area contributed by atoms with Crippen LogP contribution in [0.25, 0.3) is 0 Å². The smallest absolute Gasteiger partial charge is 0.410 e. The summed E-state index contributed by atoms with van der Waals surface area (Å²) in [5.41, 5.74) is 6.46. The molecule has 146 valence electrons. The van der Waals surface area contributed by atoms with Crippen molar-refractivity contribution in [3.05, 3.63) is 29.8 Å². The van der Waals surface area contributed by atoms with Crippen molar-refractivity contribution in [2.75, 3.05) is 25.0 Å². The van der Waals surface area contributed by atoms with Crippen LogP contribution < -0.4 is 10.6 Å². The number of halogens is 1. The molecule has 2 N–H and O–H groups in total. The van der Waals surface area contributed by atoms with Gasteiger partial charge < -0.3 is 20.3 Å². The van der Waals surface area contributed by atoms with Crippen LogP contribution in [0.15, 0.2) is 24.3 Å². The number of likely N-dealkylation sites (N-methyl/N-ethyl adjacent to an activating group) is 1. The summed E-state index contributed by atoms with van der Waals surface area (Å²) in [6, 6.07) is 7.69. The number of amides is 1. The number of hydrogen-bond donors (Lipinski definition) is 1. The van der Waals surface area contributed by atoms with Crippen LogP contribution in [0.5, 0.6) is 0 Å². The molecule has 1 aliphatic rings. The Labute approximate surface area is 156 Å². The second-order valence-corrected chi connectivity index (χ2v) is 8.01. The van der Waals surface area contributed by atoms with Gasteiger partial charge in [-0.05, 0) is 51.3 Å². The van der Waals surface area contributed by atoms with E-state index >= 15 is 0 Å². The zero-order chi connectivity index (χ0) is 19.5. The number of nitrogens with two attached hydrogens (primary N) is 1. The molecule has 26 heavy (non-hydrogen) atoms. The van der Waals surface area contributed by atoms with Crippen LogP contribution in [0.2, 0.25) is 0 Å². The second-order valence-electron chi connectivity index (χ2n) is 8.01. The molecular formula is C20H32FN3O2. The third-order valence-electron chi connectivity index (χ3n) is 4.79. The van der Waals surface area contributed by atoms with Gasteiger partial charge in [0.1, 0.15) is 11.8 Å². The van der Waals surface area contributed by atoms with Crippen molar-refractivity contribution in [2.45, 2.75) is 64.4 Å². The van der Waals surface area contributed by atoms with Gasteiger partial charge >= 0.3 is 6.09 Å². The Morgan fingerprint density at radius 1 is 1.35 bits per heavy atom. The van der Waals surface area contributed by atoms with Crippen molar-refractivity contribution in [3.63, 3.8) is 0 Å². The minimum absolute atomic E-state index is 0.0134. The monoisotopic (exact) mass is 365 g/mol. The lowest BCUT2D eigenvalue weighted by molar-refractivity contribution is -0.0300. The third-order valence-corrected chi connectivity index (χ3v) is 4.79. The zero-order valence-corrected chi connectivity index (χ0v) is 16.5. The van der Waals surface area contributed by atoms with Crippen molar-refractivity contribution < 1.29 is 13.9 Å². The maximum atomic E-state index is 13.6. The summed E-state index contributed by atoms with van der Waals surface area (Å²) in [7, 11) is 1.98. The van der Waals surface area contributed by atoms with E-state index in [0.29, 0.717) is 12.1 Å². The summed E-state index contributed by atoms with van der Waals surface area (Å²) < 4.78 is 19.2. The van der Waals surface area contributed by atoms with Gasteiger partial charge in [0.2, 0.25) is 0 Å². The highest BCUT2D eigenvalue weighted by Crippen LogP contribution is 2.31. The number of hydrogen-bond acceptors (Lipinski definition) is 4. The Hall–Kier alpha value is -1.82. The van der Waals surface area contributed by atoms with Crippen LogP contribution in [0.3, 0.4) is 0 Å². The molecule has 1 aliphatic heterocycles. The van der Waals surface area contributed by atoms with E-state index in [1.54, 1.807) is 12.1 Å². The van der Waals surface area contributed by atoms with Gasteiger partial charge in [-0.2, -0.15) is 0 Å². The van der Waals surface area contributed by atoms with Gasteiger partial charge in [-0.1, -0.05) is 19.1 Å². The first-order chi connectivity index (χ1) is 12.2. The minimum atomic E-state index is -1.13. The van der Waals surface area contributed by atoms with E-state index in [1.165, 1.54) is 0 Å². The van der Waals surface area contributed by atoms with E-state index in [9.17, 15) is 9.18 Å². The van der Waals surface area contributed by atoms with Crippen molar-refractivity contribution in [3.8, 4) is 0 Å². The zero-order valence-electron chi connectivity index (χ0n) is 16.5. The van der Waals surface area contributed by atoms with Gasteiger partial charge in [-0.25, -0.2) is 9.18 Å². The van der Waals surface area contributed by atoms with Crippen molar-refractivity contribution in [1.82, 2.24) is 4.90 Å². The highest BCUT2D eigenvalue weighted by atomic mass is 19.1. The Balaban J connectivity index is 2.01. The van der Waals surface area contributed by atoms with Crippen LogP contribution in [-0.2, 0) is 4.74 Å². The fraction of sp³-hybridized carbons (Fsp3) is 0.650. The fourth-order valence-corrected chi connectivity index (χ4v) is 3.34. The number of rotatable bonds is 6. The van der Waals surface area contributed by atoms with Gasteiger partial charge in [0.15, 0.2) is 0 Å². The fourth-order valence-electron chi connectivity index (χ4n) is 3.34. The quantitative estimate of drug-likeness (QED) is 0.831. The van der Waals surface area contributed by atoms with E-state index in [4.69, 9.17) is 10.5 Å². The van der Waals surface area contributed by atoms with Gasteiger partial charge in [0.25, 0.3) is 0 Å². The molecular weight excluding hydrogens is 333 g/mol. The molecule has 5 nitrogen and oxygen atoms in total. The van der Waals surface area contributed by atoms with Crippen LogP contribution in [-0.4, -0.2) is 48.8 Å². The molecule has 0 spiro atoms. The molecule has 1 amide bonds. The molecule has 0 aliphatic carbocycles. The molecule has 1 fully saturated rings. The number of anilines is 1. The Bertz CT molecular complexity index is 600. The molecule has 0 radical (unpaired) electrons. The number of likely N-dealkylation sites (tertiary alicyclic amines) is 1. The lowest BCUT2D eigenvalue weighted by atomic mass is 9.91. The summed E-state index contributed by atoms with van der Waals surface area (Å²) in [5.74, 6) is 0. The second kappa shape index (κ2) is 8.25. The van der Waals surface area contributed by atoms with Gasteiger partial charge in [0.05, 0.1) is 6.04 Å². The van der Waals surface area contributed by atoms with Gasteiger partial charge in [0, 0.05) is 31.9 Å². The lowest BCUT2D eigenvalue weighted by Gasteiger charge is -2.49. The van der Waals surface area contributed by atoms with E-state index in [-0.39, 0.29) is 24.7 Å². The lowest BCUT2D eigenvalue weighted by Crippen LogP contribution is -2.62. The van der Waals surface area contributed by atoms with Gasteiger partial charge in [-0.15, -0.1) is 0 Å².